The molecule has 0 aliphatic carbocycles. The third-order valence-electron chi connectivity index (χ3n) is 2.14. The van der Waals surface area contributed by atoms with Crippen molar-refractivity contribution in [2.75, 3.05) is 23.3 Å². The Balaban J connectivity index is 2.75. The molecule has 96 valence electrons. The number of nitrogen functional groups attached to an aromatic ring is 1. The molecule has 0 atom stereocenters. The number of hydrogen-bond acceptors (Lipinski definition) is 5. The van der Waals surface area contributed by atoms with Crippen LogP contribution in [0.3, 0.4) is 0 Å². The zero-order valence-electron chi connectivity index (χ0n) is 10.3. The number of rotatable bonds is 7. The zero-order valence-corrected chi connectivity index (χ0v) is 11.9. The molecular formula is C11H19ClN4S. The summed E-state index contributed by atoms with van der Waals surface area (Å²) in [6, 6.07) is 0. The second kappa shape index (κ2) is 7.61. The fraction of sp³-hybridized carbons (Fsp3) is 0.636. The highest BCUT2D eigenvalue weighted by Crippen LogP contribution is 2.27. The molecule has 0 aliphatic rings. The maximum Gasteiger partial charge on any atom is 0.191 e. The Bertz CT molecular complexity index is 360. The van der Waals surface area contributed by atoms with Crippen molar-refractivity contribution in [3.05, 3.63) is 5.15 Å². The summed E-state index contributed by atoms with van der Waals surface area (Å²) in [7, 11) is 0. The number of anilines is 2. The molecule has 0 amide bonds. The summed E-state index contributed by atoms with van der Waals surface area (Å²) >= 11 is 7.58. The van der Waals surface area contributed by atoms with Crippen LogP contribution in [0.4, 0.5) is 11.5 Å². The Labute approximate surface area is 112 Å². The quantitative estimate of drug-likeness (QED) is 0.345. The Morgan fingerprint density at radius 3 is 2.71 bits per heavy atom. The van der Waals surface area contributed by atoms with Crippen molar-refractivity contribution >= 4 is 34.9 Å². The molecule has 3 N–H and O–H groups in total. The predicted molar refractivity (Wildman–Crippen MR) is 75.9 cm³/mol. The first-order valence-corrected chi connectivity index (χ1v) is 7.25. The summed E-state index contributed by atoms with van der Waals surface area (Å²) < 4.78 is 0. The minimum atomic E-state index is 0.331. The highest BCUT2D eigenvalue weighted by molar-refractivity contribution is 7.99. The van der Waals surface area contributed by atoms with E-state index in [0.717, 1.165) is 31.6 Å². The van der Waals surface area contributed by atoms with Crippen molar-refractivity contribution in [2.45, 2.75) is 38.3 Å². The van der Waals surface area contributed by atoms with E-state index >= 15 is 0 Å². The third kappa shape index (κ3) is 4.60. The lowest BCUT2D eigenvalue weighted by Gasteiger charge is -2.10. The number of nitrogens with zero attached hydrogens (tertiary/aromatic N) is 2. The van der Waals surface area contributed by atoms with Crippen LogP contribution in [-0.4, -0.2) is 22.3 Å². The largest absolute Gasteiger partial charge is 0.393 e. The number of nitrogens with two attached hydrogens (primary N) is 1. The Kier molecular flexibility index (Phi) is 6.44. The van der Waals surface area contributed by atoms with E-state index in [1.165, 1.54) is 0 Å². The number of thioether (sulfide) groups is 1. The van der Waals surface area contributed by atoms with Crippen molar-refractivity contribution in [3.8, 4) is 0 Å². The van der Waals surface area contributed by atoms with Crippen LogP contribution in [0.5, 0.6) is 0 Å². The molecule has 1 aromatic rings. The van der Waals surface area contributed by atoms with E-state index in [0.29, 0.717) is 21.8 Å². The minimum absolute atomic E-state index is 0.331. The molecule has 0 bridgehead atoms. The summed E-state index contributed by atoms with van der Waals surface area (Å²) in [6.45, 7) is 5.11. The highest BCUT2D eigenvalue weighted by atomic mass is 35.5. The van der Waals surface area contributed by atoms with Gasteiger partial charge in [-0.15, -0.1) is 0 Å². The molecular weight excluding hydrogens is 256 g/mol. The lowest BCUT2D eigenvalue weighted by molar-refractivity contribution is 0.826. The van der Waals surface area contributed by atoms with Crippen molar-refractivity contribution in [1.29, 1.82) is 0 Å². The summed E-state index contributed by atoms with van der Waals surface area (Å²) in [4.78, 5) is 8.53. The van der Waals surface area contributed by atoms with E-state index in [9.17, 15) is 0 Å². The molecule has 1 heterocycles. The molecule has 1 aromatic heterocycles. The van der Waals surface area contributed by atoms with Gasteiger partial charge in [-0.25, -0.2) is 9.97 Å². The van der Waals surface area contributed by atoms with E-state index in [4.69, 9.17) is 17.3 Å². The lowest BCUT2D eigenvalue weighted by atomic mass is 10.3. The summed E-state index contributed by atoms with van der Waals surface area (Å²) in [6.07, 6.45) is 3.29. The molecule has 0 saturated heterocycles. The van der Waals surface area contributed by atoms with E-state index in [1.807, 2.05) is 0 Å². The van der Waals surface area contributed by atoms with Crippen LogP contribution in [0.15, 0.2) is 5.16 Å². The van der Waals surface area contributed by atoms with Crippen LogP contribution in [0.25, 0.3) is 0 Å². The summed E-state index contributed by atoms with van der Waals surface area (Å²) in [5, 5.41) is 4.21. The maximum absolute atomic E-state index is 5.98. The number of hydrogen-bond donors (Lipinski definition) is 2. The molecule has 0 spiro atoms. The number of aromatic nitrogens is 2. The second-order valence-electron chi connectivity index (χ2n) is 3.69. The van der Waals surface area contributed by atoms with Crippen molar-refractivity contribution < 1.29 is 0 Å². The Morgan fingerprint density at radius 2 is 2.06 bits per heavy atom. The van der Waals surface area contributed by atoms with Gasteiger partial charge in [-0.2, -0.15) is 0 Å². The first kappa shape index (κ1) is 14.4. The average molecular weight is 275 g/mol. The first-order chi connectivity index (χ1) is 8.19. The average Bonchev–Trinajstić information content (AvgIpc) is 2.32. The van der Waals surface area contributed by atoms with Crippen molar-refractivity contribution in [1.82, 2.24) is 9.97 Å². The summed E-state index contributed by atoms with van der Waals surface area (Å²) in [5.74, 6) is 1.63. The van der Waals surface area contributed by atoms with E-state index in [1.54, 1.807) is 11.8 Å². The van der Waals surface area contributed by atoms with E-state index in [-0.39, 0.29) is 0 Å². The molecule has 0 fully saturated rings. The second-order valence-corrected chi connectivity index (χ2v) is 5.11. The fourth-order valence-electron chi connectivity index (χ4n) is 1.20. The van der Waals surface area contributed by atoms with Crippen LogP contribution >= 0.6 is 23.4 Å². The van der Waals surface area contributed by atoms with Gasteiger partial charge in [0.1, 0.15) is 5.69 Å². The first-order valence-electron chi connectivity index (χ1n) is 5.88. The smallest absolute Gasteiger partial charge is 0.191 e. The topological polar surface area (TPSA) is 63.8 Å². The normalized spacial score (nSPS) is 10.5. The van der Waals surface area contributed by atoms with Crippen LogP contribution in [0, 0.1) is 0 Å². The van der Waals surface area contributed by atoms with Crippen LogP contribution < -0.4 is 11.1 Å². The van der Waals surface area contributed by atoms with Gasteiger partial charge in [-0.1, -0.05) is 43.6 Å². The molecule has 0 radical (unpaired) electrons. The maximum atomic E-state index is 5.98. The molecule has 0 saturated carbocycles. The zero-order chi connectivity index (χ0) is 12.7. The number of halogens is 1. The fourth-order valence-corrected chi connectivity index (χ4v) is 2.12. The standard InChI is InChI=1S/C11H19ClN4S/c1-3-5-6-14-10-8(13)9(12)15-11(16-10)17-7-4-2/h3-7,13H2,1-2H3,(H,14,15,16). The predicted octanol–water partition coefficient (Wildman–Crippen LogP) is 3.43. The van der Waals surface area contributed by atoms with Gasteiger partial charge in [-0.3, -0.25) is 0 Å². The SMILES string of the molecule is CCCCNc1nc(SCCC)nc(Cl)c1N. The van der Waals surface area contributed by atoms with E-state index in [2.05, 4.69) is 29.1 Å². The van der Waals surface area contributed by atoms with Gasteiger partial charge in [-0.05, 0) is 12.8 Å². The molecule has 4 nitrogen and oxygen atoms in total. The Hall–Kier alpha value is -0.680. The molecule has 6 heteroatoms. The van der Waals surface area contributed by atoms with Gasteiger partial charge >= 0.3 is 0 Å². The monoisotopic (exact) mass is 274 g/mol. The lowest BCUT2D eigenvalue weighted by Crippen LogP contribution is -2.08. The van der Waals surface area contributed by atoms with Crippen molar-refractivity contribution in [3.63, 3.8) is 0 Å². The van der Waals surface area contributed by atoms with Gasteiger partial charge < -0.3 is 11.1 Å². The minimum Gasteiger partial charge on any atom is -0.393 e. The van der Waals surface area contributed by atoms with Gasteiger partial charge in [0.05, 0.1) is 0 Å². The molecule has 0 aromatic carbocycles. The molecule has 0 aliphatic heterocycles. The summed E-state index contributed by atoms with van der Waals surface area (Å²) in [5.41, 5.74) is 6.27. The molecule has 0 unspecified atom stereocenters. The number of unbranched alkanes of at least 4 members (excludes halogenated alkanes) is 1. The highest BCUT2D eigenvalue weighted by Gasteiger charge is 2.09. The van der Waals surface area contributed by atoms with Gasteiger partial charge in [0.15, 0.2) is 16.1 Å². The molecule has 1 rings (SSSR count). The van der Waals surface area contributed by atoms with Gasteiger partial charge in [0, 0.05) is 12.3 Å². The van der Waals surface area contributed by atoms with E-state index < -0.39 is 0 Å². The van der Waals surface area contributed by atoms with Gasteiger partial charge in [0.2, 0.25) is 0 Å². The third-order valence-corrected chi connectivity index (χ3v) is 3.48. The van der Waals surface area contributed by atoms with Crippen molar-refractivity contribution in [2.24, 2.45) is 0 Å². The van der Waals surface area contributed by atoms with Crippen LogP contribution in [-0.2, 0) is 0 Å². The molecule has 17 heavy (non-hydrogen) atoms. The van der Waals surface area contributed by atoms with Crippen LogP contribution in [0.2, 0.25) is 5.15 Å². The van der Waals surface area contributed by atoms with Gasteiger partial charge in [0.25, 0.3) is 0 Å². The van der Waals surface area contributed by atoms with Crippen LogP contribution in [0.1, 0.15) is 33.1 Å². The number of nitrogens with one attached hydrogen (secondary N) is 1. The Morgan fingerprint density at radius 1 is 1.29 bits per heavy atom.